The van der Waals surface area contributed by atoms with Crippen molar-refractivity contribution >= 4 is 33.9 Å². The summed E-state index contributed by atoms with van der Waals surface area (Å²) in [6.07, 6.45) is 0. The van der Waals surface area contributed by atoms with E-state index in [0.717, 1.165) is 16.5 Å². The first-order chi connectivity index (χ1) is 9.22. The van der Waals surface area contributed by atoms with Crippen molar-refractivity contribution in [3.8, 4) is 0 Å². The van der Waals surface area contributed by atoms with E-state index in [2.05, 4.69) is 10.3 Å². The van der Waals surface area contributed by atoms with E-state index in [-0.39, 0.29) is 5.82 Å². The van der Waals surface area contributed by atoms with E-state index < -0.39 is 0 Å². The van der Waals surface area contributed by atoms with Crippen LogP contribution in [-0.4, -0.2) is 4.98 Å². The molecule has 0 radical (unpaired) electrons. The molecular weight excluding hydrogens is 263 g/mol. The molecule has 0 atom stereocenters. The fraction of sp³-hybridized carbons (Fsp3) is 0. The van der Waals surface area contributed by atoms with Gasteiger partial charge in [-0.3, -0.25) is 0 Å². The quantitative estimate of drug-likeness (QED) is 0.680. The smallest absolute Gasteiger partial charge is 0.140 e. The highest BCUT2D eigenvalue weighted by Crippen LogP contribution is 2.27. The summed E-state index contributed by atoms with van der Waals surface area (Å²) in [5.41, 5.74) is 0.765. The first-order valence-electron chi connectivity index (χ1n) is 5.80. The molecule has 3 rings (SSSR count). The molecule has 2 aromatic carbocycles. The highest BCUT2D eigenvalue weighted by molar-refractivity contribution is 6.30. The Morgan fingerprint density at radius 2 is 1.74 bits per heavy atom. The minimum absolute atomic E-state index is 0.269. The van der Waals surface area contributed by atoms with E-state index in [1.54, 1.807) is 12.1 Å². The first-order valence-corrected chi connectivity index (χ1v) is 6.18. The molecule has 1 aromatic heterocycles. The average molecular weight is 273 g/mol. The molecule has 19 heavy (non-hydrogen) atoms. The molecule has 4 heteroatoms. The maximum atomic E-state index is 12.9. The van der Waals surface area contributed by atoms with Crippen LogP contribution in [0.15, 0.2) is 54.6 Å². The van der Waals surface area contributed by atoms with Crippen LogP contribution in [0.4, 0.5) is 15.9 Å². The number of anilines is 2. The van der Waals surface area contributed by atoms with E-state index in [4.69, 9.17) is 11.6 Å². The van der Waals surface area contributed by atoms with Crippen molar-refractivity contribution in [2.24, 2.45) is 0 Å². The SMILES string of the molecule is Fc1ccc(Nc2nc(Cl)cc3ccccc23)cc1. The van der Waals surface area contributed by atoms with Crippen molar-refractivity contribution < 1.29 is 4.39 Å². The van der Waals surface area contributed by atoms with Crippen LogP contribution < -0.4 is 5.32 Å². The number of hydrogen-bond donors (Lipinski definition) is 1. The normalized spacial score (nSPS) is 10.6. The second-order valence-electron chi connectivity index (χ2n) is 4.15. The van der Waals surface area contributed by atoms with Gasteiger partial charge in [-0.15, -0.1) is 0 Å². The molecule has 0 amide bonds. The Kier molecular flexibility index (Phi) is 3.05. The zero-order chi connectivity index (χ0) is 13.2. The van der Waals surface area contributed by atoms with E-state index in [0.29, 0.717) is 11.0 Å². The lowest BCUT2D eigenvalue weighted by Crippen LogP contribution is -1.95. The predicted molar refractivity (Wildman–Crippen MR) is 76.4 cm³/mol. The van der Waals surface area contributed by atoms with E-state index in [1.807, 2.05) is 30.3 Å². The molecule has 0 aliphatic rings. The van der Waals surface area contributed by atoms with Gasteiger partial charge in [-0.1, -0.05) is 35.9 Å². The van der Waals surface area contributed by atoms with Gasteiger partial charge in [0.15, 0.2) is 0 Å². The molecule has 2 nitrogen and oxygen atoms in total. The van der Waals surface area contributed by atoms with Gasteiger partial charge in [-0.05, 0) is 35.7 Å². The summed E-state index contributed by atoms with van der Waals surface area (Å²) in [5.74, 6) is 0.393. The predicted octanol–water partition coefficient (Wildman–Crippen LogP) is 4.77. The van der Waals surface area contributed by atoms with Gasteiger partial charge < -0.3 is 5.32 Å². The van der Waals surface area contributed by atoms with Crippen molar-refractivity contribution in [2.45, 2.75) is 0 Å². The highest BCUT2D eigenvalue weighted by Gasteiger charge is 2.05. The molecule has 0 unspecified atom stereocenters. The lowest BCUT2D eigenvalue weighted by atomic mass is 10.1. The van der Waals surface area contributed by atoms with Gasteiger partial charge in [0.05, 0.1) is 0 Å². The number of aromatic nitrogens is 1. The molecule has 1 N–H and O–H groups in total. The van der Waals surface area contributed by atoms with Crippen molar-refractivity contribution in [1.82, 2.24) is 4.98 Å². The summed E-state index contributed by atoms with van der Waals surface area (Å²) in [5, 5.41) is 5.55. The zero-order valence-corrected chi connectivity index (χ0v) is 10.7. The maximum Gasteiger partial charge on any atom is 0.140 e. The van der Waals surface area contributed by atoms with Gasteiger partial charge >= 0.3 is 0 Å². The summed E-state index contributed by atoms with van der Waals surface area (Å²) in [6.45, 7) is 0. The fourth-order valence-electron chi connectivity index (χ4n) is 1.93. The van der Waals surface area contributed by atoms with Gasteiger partial charge in [-0.2, -0.15) is 0 Å². The Bertz CT molecular complexity index is 726. The second-order valence-corrected chi connectivity index (χ2v) is 4.53. The maximum absolute atomic E-state index is 12.9. The number of nitrogens with zero attached hydrogens (tertiary/aromatic N) is 1. The summed E-state index contributed by atoms with van der Waals surface area (Å²) < 4.78 is 12.9. The lowest BCUT2D eigenvalue weighted by Gasteiger charge is -2.09. The van der Waals surface area contributed by atoms with Crippen LogP contribution in [0.25, 0.3) is 10.8 Å². The van der Waals surface area contributed by atoms with Crippen LogP contribution in [0.3, 0.4) is 0 Å². The van der Waals surface area contributed by atoms with E-state index in [1.165, 1.54) is 12.1 Å². The Labute approximate surface area is 114 Å². The van der Waals surface area contributed by atoms with Crippen LogP contribution >= 0.6 is 11.6 Å². The number of rotatable bonds is 2. The Morgan fingerprint density at radius 3 is 2.53 bits per heavy atom. The molecule has 0 fully saturated rings. The Balaban J connectivity index is 2.07. The largest absolute Gasteiger partial charge is 0.340 e. The second kappa shape index (κ2) is 4.86. The van der Waals surface area contributed by atoms with Crippen molar-refractivity contribution in [2.75, 3.05) is 5.32 Å². The molecule has 3 aromatic rings. The van der Waals surface area contributed by atoms with Crippen LogP contribution in [0.2, 0.25) is 5.15 Å². The average Bonchev–Trinajstić information content (AvgIpc) is 2.41. The molecular formula is C15H10ClFN2. The minimum Gasteiger partial charge on any atom is -0.340 e. The summed E-state index contributed by atoms with van der Waals surface area (Å²) in [6, 6.07) is 15.7. The van der Waals surface area contributed by atoms with Gasteiger partial charge in [0, 0.05) is 11.1 Å². The monoisotopic (exact) mass is 272 g/mol. The van der Waals surface area contributed by atoms with E-state index in [9.17, 15) is 4.39 Å². The number of nitrogens with one attached hydrogen (secondary N) is 1. The number of hydrogen-bond acceptors (Lipinski definition) is 2. The number of fused-ring (bicyclic) bond motifs is 1. The third kappa shape index (κ3) is 2.51. The minimum atomic E-state index is -0.269. The first kappa shape index (κ1) is 11.9. The number of pyridine rings is 1. The van der Waals surface area contributed by atoms with Gasteiger partial charge in [-0.25, -0.2) is 9.37 Å². The van der Waals surface area contributed by atoms with Crippen LogP contribution in [-0.2, 0) is 0 Å². The Hall–Kier alpha value is -2.13. The molecule has 0 aliphatic heterocycles. The van der Waals surface area contributed by atoms with Crippen molar-refractivity contribution in [3.05, 3.63) is 65.6 Å². The fourth-order valence-corrected chi connectivity index (χ4v) is 2.13. The van der Waals surface area contributed by atoms with Crippen LogP contribution in [0.5, 0.6) is 0 Å². The van der Waals surface area contributed by atoms with Crippen LogP contribution in [0, 0.1) is 5.82 Å². The molecule has 0 spiro atoms. The van der Waals surface area contributed by atoms with Crippen molar-refractivity contribution in [3.63, 3.8) is 0 Å². The molecule has 94 valence electrons. The van der Waals surface area contributed by atoms with E-state index >= 15 is 0 Å². The summed E-state index contributed by atoms with van der Waals surface area (Å²) in [4.78, 5) is 4.28. The number of benzene rings is 2. The van der Waals surface area contributed by atoms with Crippen LogP contribution in [0.1, 0.15) is 0 Å². The topological polar surface area (TPSA) is 24.9 Å². The van der Waals surface area contributed by atoms with Crippen molar-refractivity contribution in [1.29, 1.82) is 0 Å². The Morgan fingerprint density at radius 1 is 1.00 bits per heavy atom. The highest BCUT2D eigenvalue weighted by atomic mass is 35.5. The molecule has 0 saturated carbocycles. The summed E-state index contributed by atoms with van der Waals surface area (Å²) >= 11 is 6.00. The third-order valence-corrected chi connectivity index (χ3v) is 3.01. The van der Waals surface area contributed by atoms with Gasteiger partial charge in [0.25, 0.3) is 0 Å². The number of halogens is 2. The molecule has 1 heterocycles. The lowest BCUT2D eigenvalue weighted by molar-refractivity contribution is 0.628. The third-order valence-electron chi connectivity index (χ3n) is 2.82. The van der Waals surface area contributed by atoms with Gasteiger partial charge in [0.2, 0.25) is 0 Å². The zero-order valence-electron chi connectivity index (χ0n) is 9.90. The summed E-state index contributed by atoms with van der Waals surface area (Å²) in [7, 11) is 0. The molecule has 0 bridgehead atoms. The standard InChI is InChI=1S/C15H10ClFN2/c16-14-9-10-3-1-2-4-13(10)15(19-14)18-12-7-5-11(17)6-8-12/h1-9H,(H,18,19). The molecule has 0 aliphatic carbocycles. The molecule has 0 saturated heterocycles. The van der Waals surface area contributed by atoms with Gasteiger partial charge in [0.1, 0.15) is 16.8 Å².